The summed E-state index contributed by atoms with van der Waals surface area (Å²) in [4.78, 5) is 15.0. The zero-order valence-electron chi connectivity index (χ0n) is 12.1. The van der Waals surface area contributed by atoms with Crippen LogP contribution >= 0.6 is 0 Å². The Morgan fingerprint density at radius 1 is 1.19 bits per heavy atom. The van der Waals surface area contributed by atoms with Gasteiger partial charge in [-0.1, -0.05) is 18.2 Å². The van der Waals surface area contributed by atoms with Crippen LogP contribution in [0.5, 0.6) is 0 Å². The van der Waals surface area contributed by atoms with Gasteiger partial charge in [-0.05, 0) is 49.1 Å². The van der Waals surface area contributed by atoms with Crippen molar-refractivity contribution < 1.29 is 5.11 Å². The quantitative estimate of drug-likeness (QED) is 0.807. The largest absolute Gasteiger partial charge is 0.396 e. The number of benzene rings is 1. The summed E-state index contributed by atoms with van der Waals surface area (Å²) in [7, 11) is 0. The molecule has 1 saturated carbocycles. The predicted octanol–water partition coefficient (Wildman–Crippen LogP) is 2.17. The van der Waals surface area contributed by atoms with E-state index >= 15 is 0 Å². The molecule has 0 atom stereocenters. The Morgan fingerprint density at radius 2 is 1.95 bits per heavy atom. The number of rotatable bonds is 4. The van der Waals surface area contributed by atoms with Crippen molar-refractivity contribution in [2.45, 2.75) is 38.3 Å². The molecule has 3 N–H and O–H groups in total. The van der Waals surface area contributed by atoms with Crippen molar-refractivity contribution in [1.29, 1.82) is 0 Å². The number of pyridine rings is 1. The van der Waals surface area contributed by atoms with E-state index in [1.54, 1.807) is 0 Å². The Balaban J connectivity index is 1.65. The van der Waals surface area contributed by atoms with Crippen LogP contribution in [0.1, 0.15) is 31.2 Å². The highest BCUT2D eigenvalue weighted by molar-refractivity contribution is 5.78. The van der Waals surface area contributed by atoms with Crippen molar-refractivity contribution in [2.75, 3.05) is 6.61 Å². The molecule has 1 fully saturated rings. The first kappa shape index (κ1) is 14.3. The van der Waals surface area contributed by atoms with Gasteiger partial charge in [-0.15, -0.1) is 0 Å². The van der Waals surface area contributed by atoms with Crippen LogP contribution in [-0.4, -0.2) is 22.7 Å². The number of aliphatic hydroxyl groups is 1. The van der Waals surface area contributed by atoms with E-state index in [4.69, 9.17) is 5.11 Å². The van der Waals surface area contributed by atoms with E-state index in [0.717, 1.165) is 42.1 Å². The molecule has 1 aromatic carbocycles. The van der Waals surface area contributed by atoms with Crippen molar-refractivity contribution in [2.24, 2.45) is 5.92 Å². The van der Waals surface area contributed by atoms with Crippen LogP contribution in [0, 0.1) is 5.92 Å². The number of aromatic amines is 1. The summed E-state index contributed by atoms with van der Waals surface area (Å²) in [6, 6.07) is 10.3. The lowest BCUT2D eigenvalue weighted by molar-refractivity contribution is 0.175. The van der Waals surface area contributed by atoms with Gasteiger partial charge in [0.2, 0.25) is 0 Å². The highest BCUT2D eigenvalue weighted by Gasteiger charge is 2.20. The molecule has 0 amide bonds. The summed E-state index contributed by atoms with van der Waals surface area (Å²) in [5.74, 6) is 0.465. The molecule has 0 radical (unpaired) electrons. The Hall–Kier alpha value is -1.65. The van der Waals surface area contributed by atoms with Gasteiger partial charge < -0.3 is 15.4 Å². The predicted molar refractivity (Wildman–Crippen MR) is 84.2 cm³/mol. The maximum absolute atomic E-state index is 12.1. The maximum Gasteiger partial charge on any atom is 0.252 e. The van der Waals surface area contributed by atoms with Gasteiger partial charge >= 0.3 is 0 Å². The van der Waals surface area contributed by atoms with Crippen LogP contribution in [0.2, 0.25) is 0 Å². The molecule has 0 aliphatic heterocycles. The van der Waals surface area contributed by atoms with Gasteiger partial charge in [0.25, 0.3) is 5.56 Å². The smallest absolute Gasteiger partial charge is 0.252 e. The molecule has 1 aliphatic carbocycles. The third kappa shape index (κ3) is 3.34. The van der Waals surface area contributed by atoms with E-state index in [1.807, 2.05) is 30.3 Å². The zero-order valence-corrected chi connectivity index (χ0v) is 12.1. The van der Waals surface area contributed by atoms with Crippen LogP contribution in [0.25, 0.3) is 10.9 Å². The Morgan fingerprint density at radius 3 is 2.71 bits per heavy atom. The SMILES string of the molecule is O=c1[nH]c2ccccc2cc1CNC1CCC(CO)CC1. The van der Waals surface area contributed by atoms with Gasteiger partial charge in [0.05, 0.1) is 0 Å². The molecule has 4 nitrogen and oxygen atoms in total. The van der Waals surface area contributed by atoms with Crippen LogP contribution < -0.4 is 10.9 Å². The molecule has 21 heavy (non-hydrogen) atoms. The molecule has 112 valence electrons. The lowest BCUT2D eigenvalue weighted by atomic mass is 9.86. The van der Waals surface area contributed by atoms with Crippen molar-refractivity contribution in [3.8, 4) is 0 Å². The number of aliphatic hydroxyl groups excluding tert-OH is 1. The summed E-state index contributed by atoms with van der Waals surface area (Å²) < 4.78 is 0. The second kappa shape index (κ2) is 6.41. The minimum atomic E-state index is -0.00903. The van der Waals surface area contributed by atoms with Crippen LogP contribution in [0.4, 0.5) is 0 Å². The third-order valence-electron chi connectivity index (χ3n) is 4.52. The molecule has 1 heterocycles. The van der Waals surface area contributed by atoms with Crippen LogP contribution in [0.15, 0.2) is 35.1 Å². The number of hydrogen-bond acceptors (Lipinski definition) is 3. The van der Waals surface area contributed by atoms with Crippen LogP contribution in [-0.2, 0) is 6.54 Å². The third-order valence-corrected chi connectivity index (χ3v) is 4.52. The molecule has 0 spiro atoms. The average molecular weight is 286 g/mol. The minimum Gasteiger partial charge on any atom is -0.396 e. The van der Waals surface area contributed by atoms with Gasteiger partial charge in [0.15, 0.2) is 0 Å². The monoisotopic (exact) mass is 286 g/mol. The fraction of sp³-hybridized carbons (Fsp3) is 0.471. The van der Waals surface area contributed by atoms with Crippen LogP contribution in [0.3, 0.4) is 0 Å². The molecule has 0 unspecified atom stereocenters. The highest BCUT2D eigenvalue weighted by atomic mass is 16.3. The summed E-state index contributed by atoms with van der Waals surface area (Å²) in [5, 5.41) is 13.7. The van der Waals surface area contributed by atoms with E-state index in [0.29, 0.717) is 25.1 Å². The lowest BCUT2D eigenvalue weighted by Crippen LogP contribution is -2.34. The maximum atomic E-state index is 12.1. The Bertz CT molecular complexity index is 657. The summed E-state index contributed by atoms with van der Waals surface area (Å²) in [6.45, 7) is 0.908. The van der Waals surface area contributed by atoms with Gasteiger partial charge in [-0.3, -0.25) is 4.79 Å². The van der Waals surface area contributed by atoms with Crippen molar-refractivity contribution in [3.63, 3.8) is 0 Å². The summed E-state index contributed by atoms with van der Waals surface area (Å²) in [5.41, 5.74) is 1.66. The zero-order chi connectivity index (χ0) is 14.7. The van der Waals surface area contributed by atoms with E-state index in [1.165, 1.54) is 0 Å². The first-order chi connectivity index (χ1) is 10.3. The fourth-order valence-electron chi connectivity index (χ4n) is 3.13. The van der Waals surface area contributed by atoms with Crippen molar-refractivity contribution in [3.05, 3.63) is 46.2 Å². The summed E-state index contributed by atoms with van der Waals surface area (Å²) in [6.07, 6.45) is 4.30. The van der Waals surface area contributed by atoms with Crippen molar-refractivity contribution in [1.82, 2.24) is 10.3 Å². The van der Waals surface area contributed by atoms with Gasteiger partial charge in [-0.2, -0.15) is 0 Å². The first-order valence-corrected chi connectivity index (χ1v) is 7.71. The number of H-pyrrole nitrogens is 1. The summed E-state index contributed by atoms with van der Waals surface area (Å²) >= 11 is 0. The van der Waals surface area contributed by atoms with Crippen molar-refractivity contribution >= 4 is 10.9 Å². The number of hydrogen-bond donors (Lipinski definition) is 3. The molecule has 0 saturated heterocycles. The van der Waals surface area contributed by atoms with E-state index < -0.39 is 0 Å². The molecule has 3 rings (SSSR count). The standard InChI is InChI=1S/C17H22N2O2/c20-11-12-5-7-15(8-6-12)18-10-14-9-13-3-1-2-4-16(13)19-17(14)21/h1-4,9,12,15,18,20H,5-8,10-11H2,(H,19,21). The normalized spacial score (nSPS) is 22.5. The second-order valence-electron chi connectivity index (χ2n) is 5.99. The fourth-order valence-corrected chi connectivity index (χ4v) is 3.13. The van der Waals surface area contributed by atoms with E-state index in [-0.39, 0.29) is 5.56 Å². The molecule has 1 aromatic heterocycles. The minimum absolute atomic E-state index is 0.00903. The number of aromatic nitrogens is 1. The lowest BCUT2D eigenvalue weighted by Gasteiger charge is -2.28. The van der Waals surface area contributed by atoms with Gasteiger partial charge in [0, 0.05) is 30.3 Å². The molecule has 4 heteroatoms. The highest BCUT2D eigenvalue weighted by Crippen LogP contribution is 2.23. The number of nitrogens with one attached hydrogen (secondary N) is 2. The Kier molecular flexibility index (Phi) is 4.36. The molecule has 0 bridgehead atoms. The first-order valence-electron chi connectivity index (χ1n) is 7.71. The molecule has 1 aliphatic rings. The van der Waals surface area contributed by atoms with E-state index in [2.05, 4.69) is 10.3 Å². The number of para-hydroxylation sites is 1. The van der Waals surface area contributed by atoms with Gasteiger partial charge in [0.1, 0.15) is 0 Å². The number of fused-ring (bicyclic) bond motifs is 1. The van der Waals surface area contributed by atoms with E-state index in [9.17, 15) is 4.79 Å². The molecule has 2 aromatic rings. The second-order valence-corrected chi connectivity index (χ2v) is 5.99. The van der Waals surface area contributed by atoms with Gasteiger partial charge in [-0.25, -0.2) is 0 Å². The molecular formula is C17H22N2O2. The average Bonchev–Trinajstić information content (AvgIpc) is 2.53. The molecular weight excluding hydrogens is 264 g/mol. The Labute approximate surface area is 124 Å². The topological polar surface area (TPSA) is 65.1 Å².